The van der Waals surface area contributed by atoms with Crippen molar-refractivity contribution >= 4 is 0 Å². The molecule has 114 valence electrons. The van der Waals surface area contributed by atoms with E-state index in [1.54, 1.807) is 14.2 Å². The molecule has 4 heteroatoms. The van der Waals surface area contributed by atoms with Crippen molar-refractivity contribution < 1.29 is 9.47 Å². The fourth-order valence-corrected chi connectivity index (χ4v) is 2.60. The van der Waals surface area contributed by atoms with Gasteiger partial charge in [0.2, 0.25) is 0 Å². The van der Waals surface area contributed by atoms with Crippen molar-refractivity contribution in [1.29, 1.82) is 0 Å². The second-order valence-corrected chi connectivity index (χ2v) is 5.79. The van der Waals surface area contributed by atoms with Crippen LogP contribution in [0.3, 0.4) is 0 Å². The van der Waals surface area contributed by atoms with Gasteiger partial charge in [0.1, 0.15) is 11.5 Å². The quantitative estimate of drug-likeness (QED) is 0.869. The maximum atomic E-state index is 6.83. The molecule has 2 unspecified atom stereocenters. The molecule has 0 bridgehead atoms. The minimum Gasteiger partial charge on any atom is -0.497 e. The van der Waals surface area contributed by atoms with Crippen molar-refractivity contribution in [2.45, 2.75) is 32.4 Å². The topological polar surface area (TPSA) is 47.7 Å². The van der Waals surface area contributed by atoms with Crippen LogP contribution in [0.25, 0.3) is 0 Å². The third kappa shape index (κ3) is 2.91. The highest BCUT2D eigenvalue weighted by Gasteiger charge is 2.40. The molecule has 0 aliphatic rings. The summed E-state index contributed by atoms with van der Waals surface area (Å²) in [5.41, 5.74) is 7.29. The molecule has 1 aromatic rings. The number of nitrogens with two attached hydrogens (primary N) is 1. The van der Waals surface area contributed by atoms with Crippen molar-refractivity contribution in [3.8, 4) is 11.5 Å². The van der Waals surface area contributed by atoms with Crippen LogP contribution < -0.4 is 15.2 Å². The molecule has 0 saturated heterocycles. The van der Waals surface area contributed by atoms with Crippen LogP contribution in [-0.4, -0.2) is 39.3 Å². The number of benzene rings is 1. The maximum Gasteiger partial charge on any atom is 0.124 e. The summed E-state index contributed by atoms with van der Waals surface area (Å²) >= 11 is 0. The van der Waals surface area contributed by atoms with E-state index >= 15 is 0 Å². The summed E-state index contributed by atoms with van der Waals surface area (Å²) in [6, 6.07) is 5.95. The zero-order valence-corrected chi connectivity index (χ0v) is 13.7. The standard InChI is InChI=1S/C16H28N2O2/c1-11(2)16(17,12(3)18(4)5)14-10-13(19-6)8-9-15(14)20-7/h8-12H,17H2,1-7H3. The van der Waals surface area contributed by atoms with Gasteiger partial charge < -0.3 is 20.1 Å². The molecule has 0 amide bonds. The fourth-order valence-electron chi connectivity index (χ4n) is 2.60. The molecular formula is C16H28N2O2. The highest BCUT2D eigenvalue weighted by molar-refractivity contribution is 5.45. The molecule has 0 heterocycles. The number of ether oxygens (including phenoxy) is 2. The third-order valence-electron chi connectivity index (χ3n) is 4.29. The molecule has 1 aromatic carbocycles. The summed E-state index contributed by atoms with van der Waals surface area (Å²) in [4.78, 5) is 2.14. The average molecular weight is 280 g/mol. The monoisotopic (exact) mass is 280 g/mol. The molecule has 0 radical (unpaired) electrons. The zero-order valence-electron chi connectivity index (χ0n) is 13.7. The first-order valence-corrected chi connectivity index (χ1v) is 6.96. The zero-order chi connectivity index (χ0) is 15.5. The highest BCUT2D eigenvalue weighted by Crippen LogP contribution is 2.39. The Bertz CT molecular complexity index is 446. The molecule has 0 spiro atoms. The first-order valence-electron chi connectivity index (χ1n) is 6.96. The first-order chi connectivity index (χ1) is 9.28. The summed E-state index contributed by atoms with van der Waals surface area (Å²) in [5, 5.41) is 0. The molecule has 0 saturated carbocycles. The molecular weight excluding hydrogens is 252 g/mol. The summed E-state index contributed by atoms with van der Waals surface area (Å²) < 4.78 is 10.9. The van der Waals surface area contributed by atoms with E-state index in [2.05, 4.69) is 25.7 Å². The Kier molecular flexibility index (Phi) is 5.42. The van der Waals surface area contributed by atoms with E-state index in [9.17, 15) is 0 Å². The summed E-state index contributed by atoms with van der Waals surface area (Å²) in [6.07, 6.45) is 0. The minimum absolute atomic E-state index is 0.156. The smallest absolute Gasteiger partial charge is 0.124 e. The van der Waals surface area contributed by atoms with Gasteiger partial charge >= 0.3 is 0 Å². The van der Waals surface area contributed by atoms with Crippen LogP contribution in [0.5, 0.6) is 11.5 Å². The van der Waals surface area contributed by atoms with Gasteiger partial charge in [-0.05, 0) is 45.1 Å². The lowest BCUT2D eigenvalue weighted by Gasteiger charge is -2.43. The van der Waals surface area contributed by atoms with Crippen molar-refractivity contribution in [2.24, 2.45) is 11.7 Å². The summed E-state index contributed by atoms with van der Waals surface area (Å²) in [5.74, 6) is 1.85. The van der Waals surface area contributed by atoms with Crippen LogP contribution >= 0.6 is 0 Å². The number of methoxy groups -OCH3 is 2. The molecule has 0 aliphatic heterocycles. The van der Waals surface area contributed by atoms with E-state index in [1.807, 2.05) is 32.3 Å². The minimum atomic E-state index is -0.524. The second-order valence-electron chi connectivity index (χ2n) is 5.79. The molecule has 0 aliphatic carbocycles. The van der Waals surface area contributed by atoms with Gasteiger partial charge in [0.05, 0.1) is 19.8 Å². The molecule has 1 rings (SSSR count). The lowest BCUT2D eigenvalue weighted by atomic mass is 9.74. The van der Waals surface area contributed by atoms with E-state index in [1.165, 1.54) is 0 Å². The largest absolute Gasteiger partial charge is 0.497 e. The van der Waals surface area contributed by atoms with Crippen LogP contribution in [0.4, 0.5) is 0 Å². The molecule has 0 aromatic heterocycles. The Morgan fingerprint density at radius 1 is 1.10 bits per heavy atom. The van der Waals surface area contributed by atoms with Crippen LogP contribution in [0.2, 0.25) is 0 Å². The number of nitrogens with zero attached hydrogens (tertiary/aromatic N) is 1. The fraction of sp³-hybridized carbons (Fsp3) is 0.625. The lowest BCUT2D eigenvalue weighted by molar-refractivity contribution is 0.142. The number of hydrogen-bond donors (Lipinski definition) is 1. The Labute approximate surface area is 122 Å². The van der Waals surface area contributed by atoms with Crippen LogP contribution in [0.15, 0.2) is 18.2 Å². The van der Waals surface area contributed by atoms with E-state index < -0.39 is 5.54 Å². The Morgan fingerprint density at radius 2 is 1.70 bits per heavy atom. The van der Waals surface area contributed by atoms with Crippen LogP contribution in [0, 0.1) is 5.92 Å². The van der Waals surface area contributed by atoms with E-state index in [0.717, 1.165) is 17.1 Å². The third-order valence-corrected chi connectivity index (χ3v) is 4.29. The SMILES string of the molecule is COc1ccc(OC)c(C(N)(C(C)C)C(C)N(C)C)c1. The predicted octanol–water partition coefficient (Wildman–Crippen LogP) is 2.46. The highest BCUT2D eigenvalue weighted by atomic mass is 16.5. The van der Waals surface area contributed by atoms with Crippen molar-refractivity contribution in [3.63, 3.8) is 0 Å². The lowest BCUT2D eigenvalue weighted by Crippen LogP contribution is -2.56. The van der Waals surface area contributed by atoms with Gasteiger partial charge in [0.25, 0.3) is 0 Å². The average Bonchev–Trinajstić information content (AvgIpc) is 2.44. The van der Waals surface area contributed by atoms with Gasteiger partial charge in [-0.1, -0.05) is 13.8 Å². The van der Waals surface area contributed by atoms with Gasteiger partial charge in [-0.3, -0.25) is 0 Å². The van der Waals surface area contributed by atoms with E-state index in [4.69, 9.17) is 15.2 Å². The van der Waals surface area contributed by atoms with Crippen LogP contribution in [0.1, 0.15) is 26.3 Å². The van der Waals surface area contributed by atoms with Gasteiger partial charge in [-0.15, -0.1) is 0 Å². The number of likely N-dealkylation sites (N-methyl/N-ethyl adjacent to an activating group) is 1. The number of rotatable bonds is 6. The second kappa shape index (κ2) is 6.46. The molecule has 0 fully saturated rings. The molecule has 2 atom stereocenters. The van der Waals surface area contributed by atoms with E-state index in [-0.39, 0.29) is 12.0 Å². The van der Waals surface area contributed by atoms with Crippen molar-refractivity contribution in [1.82, 2.24) is 4.90 Å². The maximum absolute atomic E-state index is 6.83. The Balaban J connectivity index is 3.48. The molecule has 2 N–H and O–H groups in total. The normalized spacial score (nSPS) is 16.1. The number of hydrogen-bond acceptors (Lipinski definition) is 4. The first kappa shape index (κ1) is 16.8. The van der Waals surface area contributed by atoms with Crippen molar-refractivity contribution in [3.05, 3.63) is 23.8 Å². The Morgan fingerprint density at radius 3 is 2.10 bits per heavy atom. The molecule has 20 heavy (non-hydrogen) atoms. The van der Waals surface area contributed by atoms with Gasteiger partial charge in [-0.2, -0.15) is 0 Å². The van der Waals surface area contributed by atoms with E-state index in [0.29, 0.717) is 0 Å². The van der Waals surface area contributed by atoms with Crippen molar-refractivity contribution in [2.75, 3.05) is 28.3 Å². The summed E-state index contributed by atoms with van der Waals surface area (Å²) in [6.45, 7) is 6.41. The summed E-state index contributed by atoms with van der Waals surface area (Å²) in [7, 11) is 7.42. The molecule has 4 nitrogen and oxygen atoms in total. The van der Waals surface area contributed by atoms with Gasteiger partial charge in [-0.25, -0.2) is 0 Å². The Hall–Kier alpha value is -1.26. The predicted molar refractivity (Wildman–Crippen MR) is 83.4 cm³/mol. The van der Waals surface area contributed by atoms with Gasteiger partial charge in [0, 0.05) is 11.6 Å². The van der Waals surface area contributed by atoms with Gasteiger partial charge in [0.15, 0.2) is 0 Å². The van der Waals surface area contributed by atoms with Crippen LogP contribution in [-0.2, 0) is 5.54 Å².